The smallest absolute Gasteiger partial charge is 0.217 e. The van der Waals surface area contributed by atoms with E-state index in [1.54, 1.807) is 0 Å². The van der Waals surface area contributed by atoms with E-state index in [0.29, 0.717) is 0 Å². The molecule has 2 fully saturated rings. The number of ether oxygens (including phenoxy) is 1. The Bertz CT molecular complexity index is 1010. The number of nitrogens with zero attached hydrogens (tertiary/aromatic N) is 1. The van der Waals surface area contributed by atoms with Crippen molar-refractivity contribution in [2.45, 2.75) is 30.8 Å². The number of nitrogens with one attached hydrogen (secondary N) is 1. The van der Waals surface area contributed by atoms with Crippen molar-refractivity contribution in [2.75, 3.05) is 32.8 Å². The number of aliphatic hydroxyl groups is 1. The van der Waals surface area contributed by atoms with Crippen molar-refractivity contribution in [2.24, 2.45) is 11.8 Å². The summed E-state index contributed by atoms with van der Waals surface area (Å²) in [6.07, 6.45) is -4.77. The van der Waals surface area contributed by atoms with E-state index >= 15 is 0 Å². The number of rotatable bonds is 10. The second kappa shape index (κ2) is 10.7. The Hall–Kier alpha value is -1.04. The summed E-state index contributed by atoms with van der Waals surface area (Å²) in [6, 6.07) is -1.74. The highest BCUT2D eigenvalue weighted by atomic mass is 32.3. The SMILES string of the molecule is O=C([O-])C1C[C@@H](O)CN(C[C@@H]2C(COS(=O)(=O)[O-])OCC(NS(=O)(=O)[O-])[C@@H]2OS(=O)(=O)[O-])C1. The zero-order valence-electron chi connectivity index (χ0n) is 16.5. The van der Waals surface area contributed by atoms with Gasteiger partial charge in [-0.2, -0.15) is 0 Å². The van der Waals surface area contributed by atoms with Gasteiger partial charge < -0.3 is 33.4 Å². The van der Waals surface area contributed by atoms with Crippen LogP contribution < -0.4 is 9.83 Å². The van der Waals surface area contributed by atoms with E-state index in [1.165, 1.54) is 9.62 Å². The minimum Gasteiger partial charge on any atom is -0.735 e. The number of aliphatic carboxylic acids is 1. The molecule has 194 valence electrons. The fraction of sp³-hybridized carbons (Fsp3) is 0.923. The van der Waals surface area contributed by atoms with Gasteiger partial charge in [-0.05, 0) is 6.42 Å². The van der Waals surface area contributed by atoms with E-state index in [1.807, 2.05) is 0 Å². The van der Waals surface area contributed by atoms with E-state index in [2.05, 4.69) is 8.37 Å². The number of piperidine rings is 1. The number of hydrogen-bond acceptors (Lipinski definition) is 16. The molecule has 0 radical (unpaired) electrons. The zero-order chi connectivity index (χ0) is 25.2. The predicted octanol–water partition coefficient (Wildman–Crippen LogP) is -5.83. The van der Waals surface area contributed by atoms with Crippen LogP contribution in [-0.4, -0.2) is 112 Å². The summed E-state index contributed by atoms with van der Waals surface area (Å²) < 4.78 is 115. The third-order valence-electron chi connectivity index (χ3n) is 4.99. The van der Waals surface area contributed by atoms with Gasteiger partial charge in [-0.3, -0.25) is 13.3 Å². The maximum Gasteiger partial charge on any atom is 0.217 e. The lowest BCUT2D eigenvalue weighted by atomic mass is 9.87. The minimum absolute atomic E-state index is 0.158. The lowest BCUT2D eigenvalue weighted by molar-refractivity contribution is -0.313. The molecule has 33 heavy (non-hydrogen) atoms. The molecule has 2 aliphatic rings. The molecule has 0 bridgehead atoms. The number of carboxylic acid groups (broad SMARTS) is 1. The Morgan fingerprint density at radius 1 is 1.09 bits per heavy atom. The van der Waals surface area contributed by atoms with Crippen molar-refractivity contribution >= 4 is 37.1 Å². The lowest BCUT2D eigenvalue weighted by Crippen LogP contribution is -2.62. The van der Waals surface area contributed by atoms with Crippen LogP contribution in [0.3, 0.4) is 0 Å². The Morgan fingerprint density at radius 3 is 2.24 bits per heavy atom. The molecule has 2 aliphatic heterocycles. The fourth-order valence-corrected chi connectivity index (χ4v) is 5.26. The second-order valence-electron chi connectivity index (χ2n) is 7.50. The molecular weight excluding hydrogens is 520 g/mol. The molecule has 0 spiro atoms. The molecule has 0 saturated carbocycles. The first kappa shape index (κ1) is 28.2. The van der Waals surface area contributed by atoms with Gasteiger partial charge in [0.1, 0.15) is 6.10 Å². The van der Waals surface area contributed by atoms with Crippen LogP contribution in [0, 0.1) is 11.8 Å². The Balaban J connectivity index is 2.38. The number of carbonyl (C=O) groups is 1. The average molecular weight is 541 g/mol. The Morgan fingerprint density at radius 2 is 1.73 bits per heavy atom. The quantitative estimate of drug-likeness (QED) is 0.193. The summed E-state index contributed by atoms with van der Waals surface area (Å²) >= 11 is 0. The van der Waals surface area contributed by atoms with Gasteiger partial charge in [0.15, 0.2) is 10.3 Å². The van der Waals surface area contributed by atoms with Crippen molar-refractivity contribution in [1.82, 2.24) is 9.62 Å². The summed E-state index contributed by atoms with van der Waals surface area (Å²) in [5.74, 6) is -4.12. The summed E-state index contributed by atoms with van der Waals surface area (Å²) in [5.41, 5.74) is 0. The van der Waals surface area contributed by atoms with Crippen LogP contribution in [0.5, 0.6) is 0 Å². The molecule has 0 aliphatic carbocycles. The lowest BCUT2D eigenvalue weighted by Gasteiger charge is -2.46. The highest BCUT2D eigenvalue weighted by molar-refractivity contribution is 7.83. The van der Waals surface area contributed by atoms with Gasteiger partial charge in [0, 0.05) is 37.4 Å². The molecule has 2 heterocycles. The molecular formula is C13H20N2O15S3-4. The summed E-state index contributed by atoms with van der Waals surface area (Å²) in [5, 5.41) is 21.2. The van der Waals surface area contributed by atoms with Gasteiger partial charge >= 0.3 is 0 Å². The summed E-state index contributed by atoms with van der Waals surface area (Å²) in [7, 11) is -16.0. The standard InChI is InChI=1S/C13H24N2O15S3/c16-8-1-7(13(17)18)2-15(3-8)4-9-11(6-29-32(22,23)24)28-5-10(14-31(19,20)21)12(9)30-33(25,26)27/h7-12,14,16H,1-6H2,(H,17,18)(H,19,20,21)(H,22,23,24)(H,25,26,27)/p-4/t7?,8-,9-,10?,11?,12-/m1/s1. The number of β-amino-alcohol motifs (C(OH)–C–C–N with tert-alkyl or cyclic N) is 1. The van der Waals surface area contributed by atoms with E-state index < -0.39 is 93.0 Å². The van der Waals surface area contributed by atoms with E-state index in [4.69, 9.17) is 4.74 Å². The average Bonchev–Trinajstić information content (AvgIpc) is 2.60. The van der Waals surface area contributed by atoms with Crippen molar-refractivity contribution in [3.8, 4) is 0 Å². The zero-order valence-corrected chi connectivity index (χ0v) is 19.0. The van der Waals surface area contributed by atoms with Crippen LogP contribution in [0.25, 0.3) is 0 Å². The summed E-state index contributed by atoms with van der Waals surface area (Å²) in [4.78, 5) is 12.5. The molecule has 3 unspecified atom stereocenters. The minimum atomic E-state index is -5.52. The molecule has 2 saturated heterocycles. The number of carbonyl (C=O) groups excluding carboxylic acids is 1. The van der Waals surface area contributed by atoms with Crippen LogP contribution in [0.2, 0.25) is 0 Å². The van der Waals surface area contributed by atoms with E-state index in [0.717, 1.165) is 0 Å². The maximum absolute atomic E-state index is 11.3. The van der Waals surface area contributed by atoms with Crippen LogP contribution in [0.1, 0.15) is 6.42 Å². The van der Waals surface area contributed by atoms with Gasteiger partial charge in [0.25, 0.3) is 0 Å². The molecule has 0 aromatic rings. The van der Waals surface area contributed by atoms with Crippen molar-refractivity contribution < 1.29 is 67.0 Å². The second-order valence-corrected chi connectivity index (χ2v) is 10.7. The molecule has 17 nitrogen and oxygen atoms in total. The Labute approximate surface area is 189 Å². The van der Waals surface area contributed by atoms with Gasteiger partial charge in [0.2, 0.25) is 20.8 Å². The molecule has 0 amide bonds. The molecule has 20 heteroatoms. The van der Waals surface area contributed by atoms with Gasteiger partial charge in [0.05, 0.1) is 31.5 Å². The van der Waals surface area contributed by atoms with Crippen molar-refractivity contribution in [3.63, 3.8) is 0 Å². The number of hydrogen-bond donors (Lipinski definition) is 2. The third-order valence-corrected chi connectivity index (χ3v) is 6.47. The van der Waals surface area contributed by atoms with Crippen LogP contribution in [0.4, 0.5) is 0 Å². The topological polar surface area (TPSA) is 275 Å². The highest BCUT2D eigenvalue weighted by Crippen LogP contribution is 2.29. The molecule has 0 aromatic carbocycles. The normalized spacial score (nSPS) is 32.5. The third kappa shape index (κ3) is 9.62. The first-order valence-electron chi connectivity index (χ1n) is 9.14. The fourth-order valence-electron chi connectivity index (χ4n) is 3.84. The van der Waals surface area contributed by atoms with Crippen LogP contribution in [-0.2, 0) is 49.0 Å². The van der Waals surface area contributed by atoms with Crippen molar-refractivity contribution in [1.29, 1.82) is 0 Å². The van der Waals surface area contributed by atoms with Crippen LogP contribution in [0.15, 0.2) is 0 Å². The first-order valence-corrected chi connectivity index (χ1v) is 13.2. The molecule has 6 atom stereocenters. The Kier molecular flexibility index (Phi) is 9.14. The predicted molar refractivity (Wildman–Crippen MR) is 95.6 cm³/mol. The number of likely N-dealkylation sites (tertiary alicyclic amines) is 1. The van der Waals surface area contributed by atoms with Crippen molar-refractivity contribution in [3.05, 3.63) is 0 Å². The van der Waals surface area contributed by atoms with Crippen LogP contribution >= 0.6 is 0 Å². The number of carboxylic acids is 1. The maximum atomic E-state index is 11.3. The van der Waals surface area contributed by atoms with Gasteiger partial charge in [-0.25, -0.2) is 30.0 Å². The van der Waals surface area contributed by atoms with E-state index in [-0.39, 0.29) is 19.5 Å². The largest absolute Gasteiger partial charge is 0.735 e. The molecule has 0 aromatic heterocycles. The van der Waals surface area contributed by atoms with Gasteiger partial charge in [-0.15, -0.1) is 0 Å². The number of aliphatic hydroxyl groups excluding tert-OH is 1. The summed E-state index contributed by atoms with van der Waals surface area (Å²) in [6.45, 7) is -2.65. The van der Waals surface area contributed by atoms with E-state index in [9.17, 15) is 53.9 Å². The first-order chi connectivity index (χ1) is 14.9. The van der Waals surface area contributed by atoms with Gasteiger partial charge in [-0.1, -0.05) is 0 Å². The highest BCUT2D eigenvalue weighted by Gasteiger charge is 2.45. The molecule has 2 rings (SSSR count). The molecule has 2 N–H and O–H groups in total. The monoisotopic (exact) mass is 540 g/mol.